The first kappa shape index (κ1) is 13.8. The van der Waals surface area contributed by atoms with Gasteiger partial charge >= 0.3 is 0 Å². The van der Waals surface area contributed by atoms with Gasteiger partial charge in [-0.2, -0.15) is 5.10 Å². The van der Waals surface area contributed by atoms with E-state index in [9.17, 15) is 0 Å². The lowest BCUT2D eigenvalue weighted by Gasteiger charge is -2.10. The predicted octanol–water partition coefficient (Wildman–Crippen LogP) is 2.74. The van der Waals surface area contributed by atoms with Gasteiger partial charge in [0.15, 0.2) is 0 Å². The van der Waals surface area contributed by atoms with Crippen LogP contribution in [-0.4, -0.2) is 19.7 Å². The fourth-order valence-corrected chi connectivity index (χ4v) is 1.98. The molecule has 0 radical (unpaired) electrons. The topological polar surface area (TPSA) is 55.6 Å². The molecular weight excluding hydrogens is 262 g/mol. The van der Waals surface area contributed by atoms with Crippen molar-refractivity contribution in [3.63, 3.8) is 0 Å². The predicted molar refractivity (Wildman–Crippen MR) is 76.3 cm³/mol. The fourth-order valence-electron chi connectivity index (χ4n) is 1.79. The van der Waals surface area contributed by atoms with Gasteiger partial charge < -0.3 is 5.32 Å². The van der Waals surface area contributed by atoms with Gasteiger partial charge in [0.25, 0.3) is 0 Å². The molecule has 0 atom stereocenters. The molecule has 0 spiro atoms. The van der Waals surface area contributed by atoms with Crippen LogP contribution in [0.3, 0.4) is 0 Å². The molecule has 0 saturated heterocycles. The first-order chi connectivity index (χ1) is 9.10. The molecule has 0 aliphatic heterocycles. The van der Waals surface area contributed by atoms with E-state index in [0.717, 1.165) is 35.6 Å². The Balaban J connectivity index is 2.14. The lowest BCUT2D eigenvalue weighted by molar-refractivity contribution is 0.767. The van der Waals surface area contributed by atoms with Crippen molar-refractivity contribution in [1.82, 2.24) is 19.7 Å². The average molecular weight is 280 g/mol. The van der Waals surface area contributed by atoms with Gasteiger partial charge in [0.2, 0.25) is 0 Å². The third-order valence-corrected chi connectivity index (χ3v) is 3.19. The van der Waals surface area contributed by atoms with Gasteiger partial charge in [0.1, 0.15) is 16.8 Å². The zero-order valence-corrected chi connectivity index (χ0v) is 12.2. The number of aromatic nitrogens is 4. The lowest BCUT2D eigenvalue weighted by Crippen LogP contribution is -2.07. The molecule has 6 heteroatoms. The van der Waals surface area contributed by atoms with Crippen molar-refractivity contribution in [2.24, 2.45) is 7.05 Å². The van der Waals surface area contributed by atoms with E-state index in [-0.39, 0.29) is 0 Å². The van der Waals surface area contributed by atoms with Crippen molar-refractivity contribution < 1.29 is 0 Å². The second-order valence-corrected chi connectivity index (χ2v) is 4.89. The monoisotopic (exact) mass is 279 g/mol. The summed E-state index contributed by atoms with van der Waals surface area (Å²) in [6, 6.07) is 0. The highest BCUT2D eigenvalue weighted by Gasteiger charge is 2.09. The van der Waals surface area contributed by atoms with Crippen LogP contribution < -0.4 is 5.32 Å². The Kier molecular flexibility index (Phi) is 4.37. The number of hydrogen-bond donors (Lipinski definition) is 1. The van der Waals surface area contributed by atoms with Gasteiger partial charge in [-0.25, -0.2) is 9.97 Å². The van der Waals surface area contributed by atoms with Crippen molar-refractivity contribution in [3.8, 4) is 0 Å². The Hall–Kier alpha value is -1.62. The minimum Gasteiger partial charge on any atom is -0.366 e. The molecule has 0 unspecified atom stereocenters. The molecule has 0 saturated carbocycles. The van der Waals surface area contributed by atoms with E-state index in [1.54, 1.807) is 4.68 Å². The van der Waals surface area contributed by atoms with E-state index < -0.39 is 0 Å². The summed E-state index contributed by atoms with van der Waals surface area (Å²) in [5, 5.41) is 7.95. The van der Waals surface area contributed by atoms with Crippen LogP contribution in [0.15, 0.2) is 12.4 Å². The molecular formula is C13H18ClN5. The van der Waals surface area contributed by atoms with Gasteiger partial charge in [-0.3, -0.25) is 4.68 Å². The smallest absolute Gasteiger partial charge is 0.137 e. The van der Waals surface area contributed by atoms with Crippen LogP contribution in [0.4, 0.5) is 5.82 Å². The van der Waals surface area contributed by atoms with Crippen molar-refractivity contribution in [1.29, 1.82) is 0 Å². The number of hydrogen-bond acceptors (Lipinski definition) is 4. The highest BCUT2D eigenvalue weighted by atomic mass is 35.5. The van der Waals surface area contributed by atoms with Gasteiger partial charge in [0, 0.05) is 37.3 Å². The fraction of sp³-hybridized carbons (Fsp3) is 0.462. The molecule has 2 heterocycles. The van der Waals surface area contributed by atoms with E-state index in [1.165, 1.54) is 0 Å². The maximum absolute atomic E-state index is 6.13. The number of aryl methyl sites for hydroxylation is 2. The van der Waals surface area contributed by atoms with Gasteiger partial charge in [-0.1, -0.05) is 18.5 Å². The number of nitrogens with zero attached hydrogens (tertiary/aromatic N) is 4. The van der Waals surface area contributed by atoms with E-state index >= 15 is 0 Å². The van der Waals surface area contributed by atoms with Gasteiger partial charge in [0.05, 0.1) is 6.20 Å². The molecule has 1 N–H and O–H groups in total. The molecule has 2 rings (SSSR count). The minimum atomic E-state index is 0.520. The molecule has 0 fully saturated rings. The first-order valence-corrected chi connectivity index (χ1v) is 6.72. The van der Waals surface area contributed by atoms with Crippen molar-refractivity contribution in [2.45, 2.75) is 33.2 Å². The summed E-state index contributed by atoms with van der Waals surface area (Å²) < 4.78 is 1.78. The van der Waals surface area contributed by atoms with E-state index in [0.29, 0.717) is 11.7 Å². The Morgan fingerprint density at radius 1 is 1.37 bits per heavy atom. The highest BCUT2D eigenvalue weighted by molar-refractivity contribution is 6.30. The summed E-state index contributed by atoms with van der Waals surface area (Å²) in [6.45, 7) is 4.69. The first-order valence-electron chi connectivity index (χ1n) is 6.34. The molecule has 0 aromatic carbocycles. The maximum atomic E-state index is 6.13. The van der Waals surface area contributed by atoms with Crippen molar-refractivity contribution in [2.75, 3.05) is 5.32 Å². The summed E-state index contributed by atoms with van der Waals surface area (Å²) in [5.74, 6) is 1.58. The largest absolute Gasteiger partial charge is 0.366 e. The zero-order valence-electron chi connectivity index (χ0n) is 11.4. The molecule has 2 aromatic rings. The third-order valence-electron chi connectivity index (χ3n) is 2.82. The van der Waals surface area contributed by atoms with Crippen LogP contribution in [0, 0.1) is 6.92 Å². The second kappa shape index (κ2) is 6.02. The van der Waals surface area contributed by atoms with Gasteiger partial charge in [-0.05, 0) is 13.3 Å². The van der Waals surface area contributed by atoms with Crippen LogP contribution in [0.5, 0.6) is 0 Å². The molecule has 0 bridgehead atoms. The van der Waals surface area contributed by atoms with Crippen LogP contribution in [-0.2, 0) is 20.0 Å². The summed E-state index contributed by atoms with van der Waals surface area (Å²) >= 11 is 6.13. The van der Waals surface area contributed by atoms with Gasteiger partial charge in [-0.15, -0.1) is 0 Å². The number of halogens is 1. The Morgan fingerprint density at radius 2 is 2.16 bits per heavy atom. The lowest BCUT2D eigenvalue weighted by atomic mass is 10.3. The standard InChI is InChI=1S/C13H18ClN5/c1-4-5-11-17-12(14)9(2)13(18-11)15-6-10-7-16-19(3)8-10/h7-8H,4-6H2,1-3H3,(H,15,17,18). The van der Waals surface area contributed by atoms with Crippen LogP contribution in [0.1, 0.15) is 30.3 Å². The number of nitrogens with one attached hydrogen (secondary N) is 1. The maximum Gasteiger partial charge on any atom is 0.137 e. The van der Waals surface area contributed by atoms with E-state index in [4.69, 9.17) is 11.6 Å². The molecule has 0 aliphatic rings. The summed E-state index contributed by atoms with van der Waals surface area (Å²) in [5.41, 5.74) is 1.99. The minimum absolute atomic E-state index is 0.520. The number of rotatable bonds is 5. The molecule has 0 amide bonds. The van der Waals surface area contributed by atoms with E-state index in [1.807, 2.05) is 26.4 Å². The quantitative estimate of drug-likeness (QED) is 0.855. The Labute approximate surface area is 118 Å². The molecule has 19 heavy (non-hydrogen) atoms. The third kappa shape index (κ3) is 3.44. The number of anilines is 1. The molecule has 0 aliphatic carbocycles. The molecule has 2 aromatic heterocycles. The average Bonchev–Trinajstić information content (AvgIpc) is 2.78. The van der Waals surface area contributed by atoms with Crippen LogP contribution in [0.25, 0.3) is 0 Å². The SMILES string of the molecule is CCCc1nc(Cl)c(C)c(NCc2cnn(C)c2)n1. The Bertz CT molecular complexity index is 564. The van der Waals surface area contributed by atoms with Crippen molar-refractivity contribution >= 4 is 17.4 Å². The summed E-state index contributed by atoms with van der Waals surface area (Å²) in [4.78, 5) is 8.79. The molecule has 5 nitrogen and oxygen atoms in total. The van der Waals surface area contributed by atoms with Crippen LogP contribution in [0.2, 0.25) is 5.15 Å². The zero-order chi connectivity index (χ0) is 13.8. The summed E-state index contributed by atoms with van der Waals surface area (Å²) in [6.07, 6.45) is 5.64. The van der Waals surface area contributed by atoms with Crippen LogP contribution >= 0.6 is 11.6 Å². The normalized spacial score (nSPS) is 10.7. The van der Waals surface area contributed by atoms with E-state index in [2.05, 4.69) is 27.3 Å². The Morgan fingerprint density at radius 3 is 2.79 bits per heavy atom. The van der Waals surface area contributed by atoms with Crippen molar-refractivity contribution in [3.05, 3.63) is 34.5 Å². The second-order valence-electron chi connectivity index (χ2n) is 4.53. The molecule has 102 valence electrons. The highest BCUT2D eigenvalue weighted by Crippen LogP contribution is 2.20. The summed E-state index contributed by atoms with van der Waals surface area (Å²) in [7, 11) is 1.90.